The molecule has 142 valence electrons. The van der Waals surface area contributed by atoms with Crippen molar-refractivity contribution < 1.29 is 9.36 Å². The van der Waals surface area contributed by atoms with Crippen molar-refractivity contribution in [3.05, 3.63) is 103 Å². The molecule has 0 heterocycles. The Balaban J connectivity index is 1.76. The first-order valence-corrected chi connectivity index (χ1v) is 11.4. The molecule has 0 fully saturated rings. The Bertz CT molecular complexity index is 920. The van der Waals surface area contributed by atoms with Crippen LogP contribution in [0.25, 0.3) is 6.08 Å². The minimum Gasteiger partial charge on any atom is -0.313 e. The molecule has 3 heteroatoms. The predicted octanol–water partition coefficient (Wildman–Crippen LogP) is 5.31. The zero-order chi connectivity index (χ0) is 19.8. The van der Waals surface area contributed by atoms with Gasteiger partial charge in [-0.15, -0.1) is 0 Å². The lowest BCUT2D eigenvalue weighted by Gasteiger charge is -2.20. The molecule has 3 rings (SSSR count). The summed E-state index contributed by atoms with van der Waals surface area (Å²) in [6, 6.07) is 28.8. The highest BCUT2D eigenvalue weighted by Crippen LogP contribution is 2.43. The van der Waals surface area contributed by atoms with Crippen molar-refractivity contribution in [2.24, 2.45) is 5.92 Å². The average molecular weight is 388 g/mol. The molecule has 0 aliphatic heterocycles. The molecule has 0 aromatic heterocycles. The van der Waals surface area contributed by atoms with Crippen LogP contribution in [0.2, 0.25) is 0 Å². The van der Waals surface area contributed by atoms with E-state index < -0.39 is 7.14 Å². The fourth-order valence-corrected chi connectivity index (χ4v) is 5.87. The van der Waals surface area contributed by atoms with Gasteiger partial charge < -0.3 is 4.57 Å². The van der Waals surface area contributed by atoms with Crippen LogP contribution in [0, 0.1) is 5.92 Å². The lowest BCUT2D eigenvalue weighted by atomic mass is 10.0. The van der Waals surface area contributed by atoms with E-state index >= 15 is 0 Å². The molecule has 1 unspecified atom stereocenters. The molecule has 0 spiro atoms. The largest absolute Gasteiger partial charge is 0.313 e. The Hall–Kier alpha value is -2.70. The molecule has 0 saturated carbocycles. The van der Waals surface area contributed by atoms with E-state index in [0.29, 0.717) is 6.42 Å². The summed E-state index contributed by atoms with van der Waals surface area (Å²) in [5.74, 6) is -0.144. The van der Waals surface area contributed by atoms with Crippen LogP contribution in [0.4, 0.5) is 0 Å². The van der Waals surface area contributed by atoms with Crippen molar-refractivity contribution in [3.63, 3.8) is 0 Å². The van der Waals surface area contributed by atoms with Gasteiger partial charge in [-0.05, 0) is 12.0 Å². The number of Topliss-reactive ketones (excluding diaryl/α,β-unsaturated/α-hetero) is 1. The number of benzene rings is 3. The van der Waals surface area contributed by atoms with E-state index in [1.165, 1.54) is 0 Å². The highest BCUT2D eigenvalue weighted by Gasteiger charge is 2.31. The Labute approximate surface area is 167 Å². The van der Waals surface area contributed by atoms with Crippen LogP contribution in [0.1, 0.15) is 18.9 Å². The number of hydrogen-bond donors (Lipinski definition) is 0. The molecule has 2 nitrogen and oxygen atoms in total. The number of carbonyl (C=O) groups excluding carboxylic acids is 1. The van der Waals surface area contributed by atoms with Gasteiger partial charge in [-0.2, -0.15) is 0 Å². The van der Waals surface area contributed by atoms with Crippen molar-refractivity contribution in [1.82, 2.24) is 0 Å². The van der Waals surface area contributed by atoms with Crippen LogP contribution >= 0.6 is 7.14 Å². The molecule has 28 heavy (non-hydrogen) atoms. The fourth-order valence-electron chi connectivity index (χ4n) is 3.15. The predicted molar refractivity (Wildman–Crippen MR) is 119 cm³/mol. The highest BCUT2D eigenvalue weighted by molar-refractivity contribution is 7.79. The maximum Gasteiger partial charge on any atom is 0.150 e. The van der Waals surface area contributed by atoms with Crippen LogP contribution in [-0.2, 0) is 9.36 Å². The Morgan fingerprint density at radius 1 is 0.821 bits per heavy atom. The first kappa shape index (κ1) is 20.0. The van der Waals surface area contributed by atoms with Crippen LogP contribution in [0.3, 0.4) is 0 Å². The first-order valence-electron chi connectivity index (χ1n) is 9.54. The van der Waals surface area contributed by atoms with Crippen molar-refractivity contribution in [1.29, 1.82) is 0 Å². The summed E-state index contributed by atoms with van der Waals surface area (Å²) in [6.07, 6.45) is 4.74. The standard InChI is InChI=1S/C25H25O2P/c1-21(12-11-15-22-13-5-2-6-14-22)25(26)20-28(27,23-16-7-3-8-17-23)24-18-9-4-10-19-24/h2-11,13-19,21H,12,20H2,1H3/b15-11+. The van der Waals surface area contributed by atoms with Crippen molar-refractivity contribution >= 4 is 29.6 Å². The summed E-state index contributed by atoms with van der Waals surface area (Å²) in [7, 11) is -3.00. The third-order valence-corrected chi connectivity index (χ3v) is 7.90. The summed E-state index contributed by atoms with van der Waals surface area (Å²) in [5.41, 5.74) is 1.11. The van der Waals surface area contributed by atoms with Gasteiger partial charge in [0.25, 0.3) is 0 Å². The fraction of sp³-hybridized carbons (Fsp3) is 0.160. The van der Waals surface area contributed by atoms with Gasteiger partial charge in [-0.1, -0.05) is 110 Å². The highest BCUT2D eigenvalue weighted by atomic mass is 31.2. The van der Waals surface area contributed by atoms with Crippen molar-refractivity contribution in [3.8, 4) is 0 Å². The van der Waals surface area contributed by atoms with Crippen molar-refractivity contribution in [2.75, 3.05) is 6.16 Å². The molecule has 0 bridgehead atoms. The van der Waals surface area contributed by atoms with Gasteiger partial charge in [0.05, 0.1) is 6.16 Å². The summed E-state index contributed by atoms with van der Waals surface area (Å²) in [6.45, 7) is 1.91. The van der Waals surface area contributed by atoms with Gasteiger partial charge in [0.15, 0.2) is 0 Å². The van der Waals surface area contributed by atoms with E-state index in [2.05, 4.69) is 0 Å². The summed E-state index contributed by atoms with van der Waals surface area (Å²) in [4.78, 5) is 12.9. The van der Waals surface area contributed by atoms with E-state index in [1.807, 2.05) is 110 Å². The zero-order valence-electron chi connectivity index (χ0n) is 16.1. The maximum atomic E-state index is 14.0. The SMILES string of the molecule is CC(C/C=C/c1ccccc1)C(=O)CP(=O)(c1ccccc1)c1ccccc1. The Morgan fingerprint density at radius 3 is 1.79 bits per heavy atom. The van der Waals surface area contributed by atoms with E-state index in [4.69, 9.17) is 0 Å². The minimum atomic E-state index is -3.00. The monoisotopic (exact) mass is 388 g/mol. The summed E-state index contributed by atoms with van der Waals surface area (Å²) in [5, 5.41) is 1.48. The first-order chi connectivity index (χ1) is 13.6. The number of ketones is 1. The molecule has 3 aromatic carbocycles. The number of rotatable bonds is 8. The maximum absolute atomic E-state index is 14.0. The number of allylic oxidation sites excluding steroid dienone is 1. The molecule has 1 atom stereocenters. The second-order valence-electron chi connectivity index (χ2n) is 6.99. The van der Waals surface area contributed by atoms with Crippen molar-refractivity contribution in [2.45, 2.75) is 13.3 Å². The minimum absolute atomic E-state index is 0.0359. The third kappa shape index (κ3) is 4.97. The Kier molecular flexibility index (Phi) is 6.79. The van der Waals surface area contributed by atoms with Gasteiger partial charge in [-0.25, -0.2) is 0 Å². The quantitative estimate of drug-likeness (QED) is 0.490. The van der Waals surface area contributed by atoms with Crippen LogP contribution in [-0.4, -0.2) is 11.9 Å². The van der Waals surface area contributed by atoms with E-state index in [0.717, 1.165) is 16.2 Å². The molecular weight excluding hydrogens is 363 g/mol. The van der Waals surface area contributed by atoms with E-state index in [1.54, 1.807) is 0 Å². The molecule has 0 aliphatic rings. The van der Waals surface area contributed by atoms with Gasteiger partial charge >= 0.3 is 0 Å². The average Bonchev–Trinajstić information content (AvgIpc) is 2.75. The van der Waals surface area contributed by atoms with E-state index in [-0.39, 0.29) is 17.9 Å². The molecule has 3 aromatic rings. The lowest BCUT2D eigenvalue weighted by Crippen LogP contribution is -2.25. The summed E-state index contributed by atoms with van der Waals surface area (Å²) >= 11 is 0. The Morgan fingerprint density at radius 2 is 1.29 bits per heavy atom. The third-order valence-electron chi connectivity index (χ3n) is 4.87. The number of carbonyl (C=O) groups is 1. The summed E-state index contributed by atoms with van der Waals surface area (Å²) < 4.78 is 14.0. The van der Waals surface area contributed by atoms with Crippen LogP contribution in [0.15, 0.2) is 97.1 Å². The smallest absolute Gasteiger partial charge is 0.150 e. The lowest BCUT2D eigenvalue weighted by molar-refractivity contribution is -0.119. The van der Waals surface area contributed by atoms with Gasteiger partial charge in [0, 0.05) is 16.5 Å². The molecule has 0 aliphatic carbocycles. The molecule has 0 N–H and O–H groups in total. The number of hydrogen-bond acceptors (Lipinski definition) is 2. The zero-order valence-corrected chi connectivity index (χ0v) is 17.0. The molecule has 0 saturated heterocycles. The van der Waals surface area contributed by atoms with Gasteiger partial charge in [0.1, 0.15) is 12.9 Å². The van der Waals surface area contributed by atoms with Gasteiger partial charge in [0.2, 0.25) is 0 Å². The van der Waals surface area contributed by atoms with Gasteiger partial charge in [-0.3, -0.25) is 4.79 Å². The van der Waals surface area contributed by atoms with Crippen LogP contribution in [0.5, 0.6) is 0 Å². The van der Waals surface area contributed by atoms with Crippen LogP contribution < -0.4 is 10.6 Å². The normalized spacial score (nSPS) is 12.8. The van der Waals surface area contributed by atoms with E-state index in [9.17, 15) is 9.36 Å². The second kappa shape index (κ2) is 9.48. The molecule has 0 amide bonds. The molecule has 0 radical (unpaired) electrons. The second-order valence-corrected chi connectivity index (χ2v) is 9.81. The topological polar surface area (TPSA) is 34.1 Å². The molecular formula is C25H25O2P.